The van der Waals surface area contributed by atoms with Crippen LogP contribution in [0.4, 0.5) is 20.5 Å². The van der Waals surface area contributed by atoms with Crippen molar-refractivity contribution in [1.82, 2.24) is 9.97 Å². The summed E-state index contributed by atoms with van der Waals surface area (Å²) in [5.41, 5.74) is 10.7. The summed E-state index contributed by atoms with van der Waals surface area (Å²) in [5, 5.41) is 0.0152. The average Bonchev–Trinajstić information content (AvgIpc) is 2.23. The third-order valence-electron chi connectivity index (χ3n) is 2.06. The molecule has 17 heavy (non-hydrogen) atoms. The van der Waals surface area contributed by atoms with E-state index >= 15 is 0 Å². The molecule has 0 amide bonds. The second-order valence-corrected chi connectivity index (χ2v) is 3.66. The maximum absolute atomic E-state index is 13.6. The van der Waals surface area contributed by atoms with Gasteiger partial charge in [0.05, 0.1) is 16.3 Å². The van der Waals surface area contributed by atoms with Gasteiger partial charge in [-0.1, -0.05) is 11.6 Å². The van der Waals surface area contributed by atoms with Crippen LogP contribution in [-0.2, 0) is 0 Å². The summed E-state index contributed by atoms with van der Waals surface area (Å²) in [5.74, 6) is -2.22. The summed E-state index contributed by atoms with van der Waals surface area (Å²) in [6.45, 7) is 0. The van der Waals surface area contributed by atoms with Gasteiger partial charge in [-0.3, -0.25) is 0 Å². The summed E-state index contributed by atoms with van der Waals surface area (Å²) in [6, 6.07) is 3.42. The zero-order valence-corrected chi connectivity index (χ0v) is 9.17. The van der Waals surface area contributed by atoms with Crippen LogP contribution in [0.25, 0.3) is 11.3 Å². The van der Waals surface area contributed by atoms with E-state index in [0.29, 0.717) is 0 Å². The predicted molar refractivity (Wildman–Crippen MR) is 61.2 cm³/mol. The molecule has 7 heteroatoms. The highest BCUT2D eigenvalue weighted by Gasteiger charge is 2.16. The number of aromatic nitrogens is 2. The number of nitrogens with two attached hydrogens (primary N) is 2. The number of rotatable bonds is 1. The van der Waals surface area contributed by atoms with Crippen LogP contribution in [0.3, 0.4) is 0 Å². The number of hydrogen-bond donors (Lipinski definition) is 2. The summed E-state index contributed by atoms with van der Waals surface area (Å²) in [7, 11) is 0. The fourth-order valence-corrected chi connectivity index (χ4v) is 1.62. The molecule has 0 bridgehead atoms. The maximum atomic E-state index is 13.6. The number of halogens is 3. The molecule has 0 unspecified atom stereocenters. The van der Waals surface area contributed by atoms with Crippen LogP contribution >= 0.6 is 11.6 Å². The molecule has 0 saturated heterocycles. The summed E-state index contributed by atoms with van der Waals surface area (Å²) >= 11 is 5.79. The molecule has 1 aromatic heterocycles. The Morgan fingerprint density at radius 3 is 2.47 bits per heavy atom. The largest absolute Gasteiger partial charge is 0.384 e. The van der Waals surface area contributed by atoms with E-state index in [1.54, 1.807) is 0 Å². The van der Waals surface area contributed by atoms with E-state index in [2.05, 4.69) is 9.97 Å². The number of anilines is 2. The Hall–Kier alpha value is -1.95. The first-order valence-corrected chi connectivity index (χ1v) is 4.90. The first-order valence-electron chi connectivity index (χ1n) is 4.53. The molecule has 2 aromatic rings. The van der Waals surface area contributed by atoms with E-state index in [1.165, 1.54) is 12.1 Å². The van der Waals surface area contributed by atoms with Gasteiger partial charge in [-0.2, -0.15) is 4.98 Å². The number of nitrogen functional groups attached to an aromatic ring is 2. The quantitative estimate of drug-likeness (QED) is 0.767. The molecule has 0 atom stereocenters. The number of benzene rings is 1. The predicted octanol–water partition coefficient (Wildman–Crippen LogP) is 2.24. The molecular weight excluding hydrogens is 250 g/mol. The highest BCUT2D eigenvalue weighted by atomic mass is 35.5. The van der Waals surface area contributed by atoms with Gasteiger partial charge in [-0.05, 0) is 12.1 Å². The highest BCUT2D eigenvalue weighted by Crippen LogP contribution is 2.31. The van der Waals surface area contributed by atoms with E-state index in [1.807, 2.05) is 0 Å². The van der Waals surface area contributed by atoms with Crippen molar-refractivity contribution in [1.29, 1.82) is 0 Å². The zero-order valence-electron chi connectivity index (χ0n) is 8.42. The van der Waals surface area contributed by atoms with Crippen LogP contribution in [0, 0.1) is 11.6 Å². The number of hydrogen-bond acceptors (Lipinski definition) is 4. The van der Waals surface area contributed by atoms with E-state index < -0.39 is 11.6 Å². The SMILES string of the molecule is Nc1cc(-c2c(Cl)ccc(F)c2F)nc(N)n1. The van der Waals surface area contributed by atoms with Crippen molar-refractivity contribution in [3.63, 3.8) is 0 Å². The highest BCUT2D eigenvalue weighted by molar-refractivity contribution is 6.33. The minimum absolute atomic E-state index is 0.0152. The zero-order chi connectivity index (χ0) is 12.6. The van der Waals surface area contributed by atoms with E-state index in [9.17, 15) is 8.78 Å². The third kappa shape index (κ3) is 2.12. The topological polar surface area (TPSA) is 77.8 Å². The van der Waals surface area contributed by atoms with Crippen molar-refractivity contribution in [2.75, 3.05) is 11.5 Å². The van der Waals surface area contributed by atoms with E-state index in [4.69, 9.17) is 23.1 Å². The lowest BCUT2D eigenvalue weighted by molar-refractivity contribution is 0.511. The van der Waals surface area contributed by atoms with Crippen molar-refractivity contribution >= 4 is 23.4 Å². The monoisotopic (exact) mass is 256 g/mol. The van der Waals surface area contributed by atoms with Crippen LogP contribution < -0.4 is 11.5 Å². The van der Waals surface area contributed by atoms with Crippen LogP contribution in [0.1, 0.15) is 0 Å². The van der Waals surface area contributed by atoms with E-state index in [0.717, 1.165) is 6.07 Å². The molecule has 4 N–H and O–H groups in total. The summed E-state index contributed by atoms with van der Waals surface area (Å²) < 4.78 is 26.7. The standard InChI is InChI=1S/C10H7ClF2N4/c11-4-1-2-5(12)9(13)8(4)6-3-7(14)17-10(15)16-6/h1-3H,(H4,14,15,16,17). The Bertz CT molecular complexity index is 569. The van der Waals surface area contributed by atoms with Crippen molar-refractivity contribution < 1.29 is 8.78 Å². The lowest BCUT2D eigenvalue weighted by atomic mass is 10.1. The van der Waals surface area contributed by atoms with Crippen molar-refractivity contribution in [3.05, 3.63) is 34.9 Å². The summed E-state index contributed by atoms with van der Waals surface area (Å²) in [6.07, 6.45) is 0. The Morgan fingerprint density at radius 1 is 1.12 bits per heavy atom. The first kappa shape index (κ1) is 11.5. The van der Waals surface area contributed by atoms with Crippen LogP contribution in [0.15, 0.2) is 18.2 Å². The Balaban J connectivity index is 2.72. The van der Waals surface area contributed by atoms with Crippen LogP contribution in [0.5, 0.6) is 0 Å². The van der Waals surface area contributed by atoms with Gasteiger partial charge in [0.1, 0.15) is 5.82 Å². The van der Waals surface area contributed by atoms with Gasteiger partial charge in [0.25, 0.3) is 0 Å². The van der Waals surface area contributed by atoms with Gasteiger partial charge >= 0.3 is 0 Å². The van der Waals surface area contributed by atoms with Crippen molar-refractivity contribution in [2.24, 2.45) is 0 Å². The van der Waals surface area contributed by atoms with Gasteiger partial charge in [-0.25, -0.2) is 13.8 Å². The molecule has 0 fully saturated rings. The Morgan fingerprint density at radius 2 is 1.82 bits per heavy atom. The maximum Gasteiger partial charge on any atom is 0.222 e. The summed E-state index contributed by atoms with van der Waals surface area (Å²) in [4.78, 5) is 7.39. The lowest BCUT2D eigenvalue weighted by Gasteiger charge is -2.07. The fraction of sp³-hybridized carbons (Fsp3) is 0. The molecule has 0 spiro atoms. The average molecular weight is 257 g/mol. The van der Waals surface area contributed by atoms with Gasteiger partial charge in [0.2, 0.25) is 5.95 Å². The molecule has 0 aliphatic carbocycles. The van der Waals surface area contributed by atoms with Crippen molar-refractivity contribution in [2.45, 2.75) is 0 Å². The van der Waals surface area contributed by atoms with Gasteiger partial charge in [0, 0.05) is 6.07 Å². The third-order valence-corrected chi connectivity index (χ3v) is 2.38. The molecule has 1 aromatic carbocycles. The number of nitrogens with zero attached hydrogens (tertiary/aromatic N) is 2. The van der Waals surface area contributed by atoms with E-state index in [-0.39, 0.29) is 28.0 Å². The molecule has 2 rings (SSSR count). The molecule has 0 aliphatic rings. The Kier molecular flexibility index (Phi) is 2.81. The second-order valence-electron chi connectivity index (χ2n) is 3.25. The van der Waals surface area contributed by atoms with Gasteiger partial charge in [-0.15, -0.1) is 0 Å². The molecule has 88 valence electrons. The van der Waals surface area contributed by atoms with Crippen LogP contribution in [0.2, 0.25) is 5.02 Å². The lowest BCUT2D eigenvalue weighted by Crippen LogP contribution is -2.02. The molecule has 0 aliphatic heterocycles. The second kappa shape index (κ2) is 4.14. The normalized spacial score (nSPS) is 10.5. The van der Waals surface area contributed by atoms with Crippen molar-refractivity contribution in [3.8, 4) is 11.3 Å². The molecule has 0 radical (unpaired) electrons. The molecule has 4 nitrogen and oxygen atoms in total. The molecular formula is C10H7ClF2N4. The Labute approximate surface area is 100 Å². The minimum atomic E-state index is -1.10. The first-order chi connectivity index (χ1) is 7.99. The molecule has 0 saturated carbocycles. The fourth-order valence-electron chi connectivity index (χ4n) is 1.38. The minimum Gasteiger partial charge on any atom is -0.384 e. The van der Waals surface area contributed by atoms with Gasteiger partial charge in [0.15, 0.2) is 11.6 Å². The smallest absolute Gasteiger partial charge is 0.222 e. The van der Waals surface area contributed by atoms with Crippen LogP contribution in [-0.4, -0.2) is 9.97 Å². The van der Waals surface area contributed by atoms with Gasteiger partial charge < -0.3 is 11.5 Å². The molecule has 1 heterocycles.